The number of aromatic nitrogens is 1. The number of carbonyl (C=O) groups is 2. The normalized spacial score (nSPS) is 11.4. The Morgan fingerprint density at radius 2 is 1.65 bits per heavy atom. The van der Waals surface area contributed by atoms with Gasteiger partial charge in [0, 0.05) is 33.6 Å². The molecule has 7 heteroatoms. The Morgan fingerprint density at radius 1 is 1.00 bits per heavy atom. The second-order valence-corrected chi connectivity index (χ2v) is 7.98. The molecule has 0 fully saturated rings. The quantitative estimate of drug-likeness (QED) is 0.379. The maximum atomic E-state index is 13.6. The number of hydrogen-bond acceptors (Lipinski definition) is 4. The number of methoxy groups -OCH3 is 1. The van der Waals surface area contributed by atoms with Crippen LogP contribution in [0.5, 0.6) is 5.75 Å². The number of halogens is 1. The molecule has 0 aliphatic rings. The Labute approximate surface area is 201 Å². The van der Waals surface area contributed by atoms with Crippen molar-refractivity contribution in [3.05, 3.63) is 107 Å². The fraction of sp³-hybridized carbons (Fsp3) is 0.0741. The van der Waals surface area contributed by atoms with Gasteiger partial charge in [-0.05, 0) is 42.0 Å². The van der Waals surface area contributed by atoms with Crippen molar-refractivity contribution in [2.24, 2.45) is 5.73 Å². The molecule has 34 heavy (non-hydrogen) atoms. The van der Waals surface area contributed by atoms with Crippen LogP contribution in [0.1, 0.15) is 27.4 Å². The summed E-state index contributed by atoms with van der Waals surface area (Å²) in [5, 5.41) is 10.4. The molecule has 0 saturated carbocycles. The van der Waals surface area contributed by atoms with E-state index in [1.54, 1.807) is 84.6 Å². The van der Waals surface area contributed by atoms with Crippen molar-refractivity contribution in [1.82, 2.24) is 4.57 Å². The molecule has 1 heterocycles. The summed E-state index contributed by atoms with van der Waals surface area (Å²) < 4.78 is 7.04. The fourth-order valence-corrected chi connectivity index (χ4v) is 3.98. The number of primary amides is 1. The van der Waals surface area contributed by atoms with E-state index in [0.29, 0.717) is 33.3 Å². The summed E-state index contributed by atoms with van der Waals surface area (Å²) in [5.74, 6) is -1.84. The smallest absolute Gasteiger partial charge is 0.239 e. The number of ether oxygens (including phenoxy) is 1. The van der Waals surface area contributed by atoms with Gasteiger partial charge >= 0.3 is 0 Å². The summed E-state index contributed by atoms with van der Waals surface area (Å²) in [6.45, 7) is 0. The van der Waals surface area contributed by atoms with Gasteiger partial charge in [0.15, 0.2) is 11.7 Å². The second-order valence-electron chi connectivity index (χ2n) is 7.54. The number of rotatable bonds is 7. The lowest BCUT2D eigenvalue weighted by Crippen LogP contribution is -2.22. The highest BCUT2D eigenvalue weighted by molar-refractivity contribution is 6.30. The van der Waals surface area contributed by atoms with Crippen molar-refractivity contribution in [2.45, 2.75) is 5.92 Å². The Morgan fingerprint density at radius 3 is 2.21 bits per heavy atom. The Hall–Kier alpha value is -4.34. The third kappa shape index (κ3) is 4.29. The minimum atomic E-state index is -1.34. The van der Waals surface area contributed by atoms with E-state index in [-0.39, 0.29) is 16.9 Å². The molecular formula is C27H20ClN3O3. The lowest BCUT2D eigenvalue weighted by Gasteiger charge is -2.14. The first kappa shape index (κ1) is 22.8. The van der Waals surface area contributed by atoms with Crippen LogP contribution in [-0.4, -0.2) is 23.4 Å². The minimum absolute atomic E-state index is 0.220. The van der Waals surface area contributed by atoms with Crippen LogP contribution in [0.2, 0.25) is 5.02 Å². The Bertz CT molecular complexity index is 1390. The molecule has 2 N–H and O–H groups in total. The largest absolute Gasteiger partial charge is 0.497 e. The molecular weight excluding hydrogens is 450 g/mol. The number of carbonyl (C=O) groups excluding carboxylic acids is 2. The molecule has 0 radical (unpaired) electrons. The lowest BCUT2D eigenvalue weighted by molar-refractivity contribution is -0.118. The molecule has 0 bridgehead atoms. The van der Waals surface area contributed by atoms with Crippen LogP contribution in [0, 0.1) is 11.3 Å². The van der Waals surface area contributed by atoms with Gasteiger partial charge in [-0.1, -0.05) is 54.1 Å². The highest BCUT2D eigenvalue weighted by atomic mass is 35.5. The SMILES string of the molecule is COc1ccc(-n2cc(C(=O)c3ccccc3)c(C(C#N)C(N)=O)c2-c2ccc(Cl)cc2)cc1. The van der Waals surface area contributed by atoms with E-state index >= 15 is 0 Å². The minimum Gasteiger partial charge on any atom is -0.497 e. The Kier molecular flexibility index (Phi) is 6.48. The van der Waals surface area contributed by atoms with Crippen molar-refractivity contribution >= 4 is 23.3 Å². The predicted octanol–water partition coefficient (Wildman–Crippen LogP) is 5.13. The van der Waals surface area contributed by atoms with E-state index in [1.165, 1.54) is 0 Å². The van der Waals surface area contributed by atoms with Crippen molar-refractivity contribution in [3.63, 3.8) is 0 Å². The van der Waals surface area contributed by atoms with Crippen LogP contribution in [0.25, 0.3) is 16.9 Å². The van der Waals surface area contributed by atoms with Gasteiger partial charge in [0.1, 0.15) is 5.75 Å². The third-order valence-electron chi connectivity index (χ3n) is 5.50. The van der Waals surface area contributed by atoms with Gasteiger partial charge in [0.2, 0.25) is 5.91 Å². The molecule has 1 atom stereocenters. The van der Waals surface area contributed by atoms with E-state index in [1.807, 2.05) is 18.2 Å². The van der Waals surface area contributed by atoms with Crippen molar-refractivity contribution in [2.75, 3.05) is 7.11 Å². The zero-order valence-corrected chi connectivity index (χ0v) is 19.0. The van der Waals surface area contributed by atoms with Crippen LogP contribution in [0.4, 0.5) is 0 Å². The Balaban J connectivity index is 2.06. The number of ketones is 1. The molecule has 1 amide bonds. The zero-order chi connectivity index (χ0) is 24.2. The number of hydrogen-bond donors (Lipinski definition) is 1. The molecule has 168 valence electrons. The first-order valence-electron chi connectivity index (χ1n) is 10.4. The van der Waals surface area contributed by atoms with Gasteiger partial charge in [0.25, 0.3) is 0 Å². The molecule has 1 aromatic heterocycles. The van der Waals surface area contributed by atoms with Crippen molar-refractivity contribution in [1.29, 1.82) is 5.26 Å². The summed E-state index contributed by atoms with van der Waals surface area (Å²) in [6.07, 6.45) is 1.64. The summed E-state index contributed by atoms with van der Waals surface area (Å²) in [4.78, 5) is 25.9. The predicted molar refractivity (Wildman–Crippen MR) is 130 cm³/mol. The summed E-state index contributed by atoms with van der Waals surface area (Å²) in [7, 11) is 1.57. The van der Waals surface area contributed by atoms with E-state index in [4.69, 9.17) is 22.1 Å². The molecule has 0 aliphatic carbocycles. The maximum Gasteiger partial charge on any atom is 0.239 e. The number of amides is 1. The first-order valence-corrected chi connectivity index (χ1v) is 10.8. The summed E-state index contributed by atoms with van der Waals surface area (Å²) in [6, 6.07) is 24.8. The molecule has 0 spiro atoms. The molecule has 6 nitrogen and oxygen atoms in total. The molecule has 1 unspecified atom stereocenters. The summed E-state index contributed by atoms with van der Waals surface area (Å²) >= 11 is 6.10. The van der Waals surface area contributed by atoms with Gasteiger partial charge in [-0.25, -0.2) is 0 Å². The molecule has 0 saturated heterocycles. The van der Waals surface area contributed by atoms with Crippen molar-refractivity contribution in [3.8, 4) is 28.8 Å². The number of nitrogens with two attached hydrogens (primary N) is 1. The molecule has 4 aromatic rings. The zero-order valence-electron chi connectivity index (χ0n) is 18.2. The highest BCUT2D eigenvalue weighted by Gasteiger charge is 2.32. The van der Waals surface area contributed by atoms with Gasteiger partial charge < -0.3 is 15.0 Å². The molecule has 0 aliphatic heterocycles. The monoisotopic (exact) mass is 469 g/mol. The van der Waals surface area contributed by atoms with Crippen molar-refractivity contribution < 1.29 is 14.3 Å². The van der Waals surface area contributed by atoms with E-state index in [0.717, 1.165) is 0 Å². The molecule has 4 rings (SSSR count). The van der Waals surface area contributed by atoms with Crippen LogP contribution in [0.3, 0.4) is 0 Å². The van der Waals surface area contributed by atoms with E-state index < -0.39 is 11.8 Å². The summed E-state index contributed by atoms with van der Waals surface area (Å²) in [5.41, 5.74) is 8.41. The lowest BCUT2D eigenvalue weighted by atomic mass is 9.90. The fourth-order valence-electron chi connectivity index (χ4n) is 3.86. The van der Waals surface area contributed by atoms with Crippen LogP contribution in [-0.2, 0) is 4.79 Å². The third-order valence-corrected chi connectivity index (χ3v) is 5.75. The van der Waals surface area contributed by atoms with E-state index in [2.05, 4.69) is 0 Å². The van der Waals surface area contributed by atoms with Gasteiger partial charge in [-0.3, -0.25) is 9.59 Å². The second kappa shape index (κ2) is 9.65. The maximum absolute atomic E-state index is 13.6. The van der Waals surface area contributed by atoms with Gasteiger partial charge in [-0.2, -0.15) is 5.26 Å². The van der Waals surface area contributed by atoms with Gasteiger partial charge in [0.05, 0.1) is 18.9 Å². The van der Waals surface area contributed by atoms with Crippen LogP contribution < -0.4 is 10.5 Å². The number of nitriles is 1. The first-order chi connectivity index (χ1) is 16.4. The number of benzene rings is 3. The standard InChI is InChI=1S/C27H20ClN3O3/c1-34-21-13-11-20(12-14-21)31-16-23(26(32)18-5-3-2-4-6-18)24(22(15-29)27(30)33)25(31)17-7-9-19(28)10-8-17/h2-14,16,22H,1H3,(H2,30,33). The average molecular weight is 470 g/mol. The van der Waals surface area contributed by atoms with Gasteiger partial charge in [-0.15, -0.1) is 0 Å². The van der Waals surface area contributed by atoms with Crippen LogP contribution in [0.15, 0.2) is 85.1 Å². The highest BCUT2D eigenvalue weighted by Crippen LogP contribution is 2.38. The molecule has 3 aromatic carbocycles. The number of nitrogens with zero attached hydrogens (tertiary/aromatic N) is 2. The topological polar surface area (TPSA) is 98.1 Å². The average Bonchev–Trinajstić information content (AvgIpc) is 3.25. The van der Waals surface area contributed by atoms with Crippen LogP contribution >= 0.6 is 11.6 Å². The van der Waals surface area contributed by atoms with E-state index in [9.17, 15) is 14.9 Å².